The van der Waals surface area contributed by atoms with E-state index in [1.54, 1.807) is 42.6 Å². The fraction of sp³-hybridized carbons (Fsp3) is 0.133. The van der Waals surface area contributed by atoms with Crippen molar-refractivity contribution in [3.05, 3.63) is 53.9 Å². The van der Waals surface area contributed by atoms with Gasteiger partial charge in [-0.2, -0.15) is 5.26 Å². The number of rotatable bonds is 5. The van der Waals surface area contributed by atoms with E-state index >= 15 is 0 Å². The highest BCUT2D eigenvalue weighted by atomic mass is 16.5. The van der Waals surface area contributed by atoms with Crippen LogP contribution in [0.5, 0.6) is 5.75 Å². The van der Waals surface area contributed by atoms with Crippen molar-refractivity contribution in [3.63, 3.8) is 0 Å². The molecule has 3 N–H and O–H groups in total. The van der Waals surface area contributed by atoms with Gasteiger partial charge in [-0.15, -0.1) is 0 Å². The zero-order valence-corrected chi connectivity index (χ0v) is 11.2. The molecule has 1 heterocycles. The summed E-state index contributed by atoms with van der Waals surface area (Å²) in [6, 6.07) is 12.0. The number of nitriles is 1. The number of anilines is 1. The number of benzene rings is 1. The number of amides is 1. The number of hydrogen-bond donors (Lipinski definition) is 2. The lowest BCUT2D eigenvalue weighted by Crippen LogP contribution is -2.13. The lowest BCUT2D eigenvalue weighted by atomic mass is 10.2. The monoisotopic (exact) mass is 282 g/mol. The van der Waals surface area contributed by atoms with Gasteiger partial charge in [0.25, 0.3) is 5.91 Å². The normalized spacial score (nSPS) is 9.71. The highest BCUT2D eigenvalue weighted by molar-refractivity contribution is 6.04. The van der Waals surface area contributed by atoms with Crippen LogP contribution in [0.4, 0.5) is 5.69 Å². The number of ether oxygens (including phenoxy) is 1. The van der Waals surface area contributed by atoms with E-state index in [0.717, 1.165) is 0 Å². The second-order valence-corrected chi connectivity index (χ2v) is 4.17. The van der Waals surface area contributed by atoms with Gasteiger partial charge >= 0.3 is 0 Å². The number of pyridine rings is 1. The molecule has 0 saturated heterocycles. The smallest absolute Gasteiger partial charge is 0.255 e. The second kappa shape index (κ2) is 7.03. The predicted octanol–water partition coefficient (Wildman–Crippen LogP) is 1.69. The number of nitrogens with one attached hydrogen (secondary N) is 1. The summed E-state index contributed by atoms with van der Waals surface area (Å²) in [6.07, 6.45) is 1.55. The first-order valence-electron chi connectivity index (χ1n) is 6.29. The molecule has 1 aromatic heterocycles. The van der Waals surface area contributed by atoms with E-state index in [4.69, 9.17) is 15.7 Å². The van der Waals surface area contributed by atoms with E-state index in [-0.39, 0.29) is 19.1 Å². The molecule has 0 aliphatic heterocycles. The zero-order valence-electron chi connectivity index (χ0n) is 11.2. The third-order valence-corrected chi connectivity index (χ3v) is 2.68. The van der Waals surface area contributed by atoms with Gasteiger partial charge in [-0.05, 0) is 24.3 Å². The lowest BCUT2D eigenvalue weighted by molar-refractivity contribution is 0.102. The van der Waals surface area contributed by atoms with Crippen LogP contribution in [0.15, 0.2) is 42.6 Å². The van der Waals surface area contributed by atoms with Crippen molar-refractivity contribution in [1.29, 1.82) is 5.26 Å². The fourth-order valence-electron chi connectivity index (χ4n) is 1.71. The van der Waals surface area contributed by atoms with E-state index in [2.05, 4.69) is 10.3 Å². The maximum Gasteiger partial charge on any atom is 0.255 e. The van der Waals surface area contributed by atoms with E-state index in [1.165, 1.54) is 0 Å². The van der Waals surface area contributed by atoms with Crippen molar-refractivity contribution in [2.24, 2.45) is 5.73 Å². The number of nitrogens with two attached hydrogens (primary N) is 1. The summed E-state index contributed by atoms with van der Waals surface area (Å²) in [5.41, 5.74) is 7.21. The van der Waals surface area contributed by atoms with E-state index in [9.17, 15) is 4.79 Å². The Morgan fingerprint density at radius 1 is 1.38 bits per heavy atom. The molecule has 0 aliphatic carbocycles. The van der Waals surface area contributed by atoms with Crippen LogP contribution in [0.1, 0.15) is 16.1 Å². The number of nitrogens with zero attached hydrogens (tertiary/aromatic N) is 2. The van der Waals surface area contributed by atoms with Crippen molar-refractivity contribution in [2.75, 3.05) is 11.9 Å². The summed E-state index contributed by atoms with van der Waals surface area (Å²) in [5, 5.41) is 11.2. The molecule has 6 nitrogen and oxygen atoms in total. The first-order valence-corrected chi connectivity index (χ1v) is 6.29. The molecule has 0 fully saturated rings. The largest absolute Gasteiger partial charge is 0.479 e. The van der Waals surface area contributed by atoms with Crippen LogP contribution < -0.4 is 15.8 Å². The molecule has 0 saturated carbocycles. The Kier molecular flexibility index (Phi) is 4.85. The molecule has 0 unspecified atom stereocenters. The van der Waals surface area contributed by atoms with Crippen molar-refractivity contribution >= 4 is 11.6 Å². The summed E-state index contributed by atoms with van der Waals surface area (Å²) in [5.74, 6) is 0.260. The van der Waals surface area contributed by atoms with Crippen molar-refractivity contribution in [1.82, 2.24) is 4.98 Å². The maximum absolute atomic E-state index is 12.1. The van der Waals surface area contributed by atoms with Gasteiger partial charge < -0.3 is 15.8 Å². The van der Waals surface area contributed by atoms with Gasteiger partial charge in [0.2, 0.25) is 0 Å². The Morgan fingerprint density at radius 2 is 2.24 bits per heavy atom. The topological polar surface area (TPSA) is 101 Å². The molecule has 0 bridgehead atoms. The Balaban J connectivity index is 2.10. The van der Waals surface area contributed by atoms with Crippen LogP contribution in [0.2, 0.25) is 0 Å². The number of carbonyl (C=O) groups is 1. The minimum Gasteiger partial charge on any atom is -0.479 e. The van der Waals surface area contributed by atoms with Crippen molar-refractivity contribution < 1.29 is 9.53 Å². The van der Waals surface area contributed by atoms with E-state index in [1.807, 2.05) is 6.07 Å². The molecule has 1 amide bonds. The molecule has 1 aromatic carbocycles. The molecule has 2 rings (SSSR count). The Morgan fingerprint density at radius 3 is 3.00 bits per heavy atom. The summed E-state index contributed by atoms with van der Waals surface area (Å²) >= 11 is 0. The standard InChI is InChI=1S/C15H14N4O2/c16-5-7-21-14-3-1-2-12(9-14)19-15(20)11-4-6-18-13(8-11)10-17/h1-4,6,8-9H,7,10,17H2,(H,19,20). The van der Waals surface area contributed by atoms with Crippen LogP contribution in [-0.4, -0.2) is 17.5 Å². The van der Waals surface area contributed by atoms with Gasteiger partial charge in [-0.1, -0.05) is 6.07 Å². The molecular formula is C15H14N4O2. The number of carbonyl (C=O) groups excluding carboxylic acids is 1. The highest BCUT2D eigenvalue weighted by Crippen LogP contribution is 2.18. The lowest BCUT2D eigenvalue weighted by Gasteiger charge is -2.08. The molecule has 21 heavy (non-hydrogen) atoms. The quantitative estimate of drug-likeness (QED) is 0.869. The minimum atomic E-state index is -0.260. The van der Waals surface area contributed by atoms with Gasteiger partial charge in [0, 0.05) is 30.1 Å². The molecule has 0 aliphatic rings. The summed E-state index contributed by atoms with van der Waals surface area (Å²) < 4.78 is 5.18. The van der Waals surface area contributed by atoms with Gasteiger partial charge in [-0.25, -0.2) is 0 Å². The van der Waals surface area contributed by atoms with E-state index < -0.39 is 0 Å². The van der Waals surface area contributed by atoms with Crippen molar-refractivity contribution in [3.8, 4) is 11.8 Å². The predicted molar refractivity (Wildman–Crippen MR) is 77.6 cm³/mol. The Labute approximate surface area is 122 Å². The van der Waals surface area contributed by atoms with Gasteiger partial charge in [0.05, 0.1) is 5.69 Å². The van der Waals surface area contributed by atoms with Gasteiger partial charge in [0.15, 0.2) is 6.61 Å². The van der Waals surface area contributed by atoms with Gasteiger partial charge in [0.1, 0.15) is 11.8 Å². The Hall–Kier alpha value is -2.91. The zero-order chi connectivity index (χ0) is 15.1. The Bertz CT molecular complexity index is 679. The second-order valence-electron chi connectivity index (χ2n) is 4.17. The third-order valence-electron chi connectivity index (χ3n) is 2.68. The molecule has 106 valence electrons. The van der Waals surface area contributed by atoms with Crippen LogP contribution in [0, 0.1) is 11.3 Å². The van der Waals surface area contributed by atoms with Crippen molar-refractivity contribution in [2.45, 2.75) is 6.54 Å². The van der Waals surface area contributed by atoms with E-state index in [0.29, 0.717) is 22.7 Å². The molecule has 6 heteroatoms. The van der Waals surface area contributed by atoms with Crippen LogP contribution >= 0.6 is 0 Å². The average Bonchev–Trinajstić information content (AvgIpc) is 2.53. The first kappa shape index (κ1) is 14.5. The minimum absolute atomic E-state index is 0.0401. The fourth-order valence-corrected chi connectivity index (χ4v) is 1.71. The maximum atomic E-state index is 12.1. The highest BCUT2D eigenvalue weighted by Gasteiger charge is 2.07. The van der Waals surface area contributed by atoms with Crippen LogP contribution in [0.3, 0.4) is 0 Å². The van der Waals surface area contributed by atoms with Gasteiger partial charge in [-0.3, -0.25) is 9.78 Å². The summed E-state index contributed by atoms with van der Waals surface area (Å²) in [6.45, 7) is 0.236. The summed E-state index contributed by atoms with van der Waals surface area (Å²) in [7, 11) is 0. The third kappa shape index (κ3) is 4.03. The number of hydrogen-bond acceptors (Lipinski definition) is 5. The SMILES string of the molecule is N#CCOc1cccc(NC(=O)c2ccnc(CN)c2)c1. The summed E-state index contributed by atoms with van der Waals surface area (Å²) in [4.78, 5) is 16.2. The molecule has 0 spiro atoms. The van der Waals surface area contributed by atoms with Crippen LogP contribution in [-0.2, 0) is 6.54 Å². The average molecular weight is 282 g/mol. The number of aromatic nitrogens is 1. The first-order chi connectivity index (χ1) is 10.2. The molecular weight excluding hydrogens is 268 g/mol. The molecule has 0 radical (unpaired) electrons. The van der Waals surface area contributed by atoms with Crippen LogP contribution in [0.25, 0.3) is 0 Å². The molecule has 2 aromatic rings. The molecule has 0 atom stereocenters.